The van der Waals surface area contributed by atoms with E-state index in [0.29, 0.717) is 16.8 Å². The highest BCUT2D eigenvalue weighted by atomic mass is 19.1. The van der Waals surface area contributed by atoms with Gasteiger partial charge in [0.2, 0.25) is 5.91 Å². The predicted octanol–water partition coefficient (Wildman–Crippen LogP) is 3.78. The number of pyridine rings is 2. The van der Waals surface area contributed by atoms with Crippen molar-refractivity contribution in [1.29, 1.82) is 0 Å². The minimum Gasteiger partial charge on any atom is -0.320 e. The lowest BCUT2D eigenvalue weighted by molar-refractivity contribution is -0.384. The number of non-ortho nitro benzene ring substituents is 1. The number of carbonyl (C=O) groups is 2. The fourth-order valence-electron chi connectivity index (χ4n) is 3.88. The van der Waals surface area contributed by atoms with Crippen LogP contribution in [0.4, 0.5) is 15.8 Å². The maximum absolute atomic E-state index is 13.6. The third-order valence-electron chi connectivity index (χ3n) is 6.12. The molecule has 10 nitrogen and oxygen atoms in total. The van der Waals surface area contributed by atoms with Crippen LogP contribution in [0.25, 0.3) is 11.3 Å². The van der Waals surface area contributed by atoms with Gasteiger partial charge in [-0.05, 0) is 62.0 Å². The second-order valence-corrected chi connectivity index (χ2v) is 8.75. The van der Waals surface area contributed by atoms with Crippen molar-refractivity contribution in [3.63, 3.8) is 0 Å². The molecule has 198 valence electrons. The topological polar surface area (TPSA) is 136 Å². The maximum atomic E-state index is 13.6. The second-order valence-electron chi connectivity index (χ2n) is 8.75. The van der Waals surface area contributed by atoms with E-state index >= 15 is 0 Å². The Hall–Kier alpha value is -5.03. The van der Waals surface area contributed by atoms with E-state index in [4.69, 9.17) is 0 Å². The van der Waals surface area contributed by atoms with Crippen molar-refractivity contribution in [3.8, 4) is 11.3 Å². The number of nitro benzene ring substituents is 1. The molecule has 2 N–H and O–H groups in total. The molecule has 11 heteroatoms. The van der Waals surface area contributed by atoms with Crippen molar-refractivity contribution in [1.82, 2.24) is 14.9 Å². The molecular formula is C28H24FN5O5. The molecule has 1 amide bonds. The number of benzene rings is 2. The van der Waals surface area contributed by atoms with Crippen molar-refractivity contribution in [2.24, 2.45) is 0 Å². The first-order valence-corrected chi connectivity index (χ1v) is 11.9. The number of carbonyl (C=O) groups excluding carboxylic acids is 2. The number of hydrogen-bond acceptors (Lipinski definition) is 7. The van der Waals surface area contributed by atoms with Gasteiger partial charge in [0.05, 0.1) is 23.2 Å². The number of amides is 1. The molecule has 0 radical (unpaired) electrons. The van der Waals surface area contributed by atoms with Crippen molar-refractivity contribution in [2.45, 2.75) is 19.5 Å². The Kier molecular flexibility index (Phi) is 8.01. The highest BCUT2D eigenvalue weighted by Crippen LogP contribution is 2.25. The van der Waals surface area contributed by atoms with Crippen molar-refractivity contribution < 1.29 is 18.9 Å². The van der Waals surface area contributed by atoms with Crippen LogP contribution >= 0.6 is 0 Å². The van der Waals surface area contributed by atoms with E-state index in [1.165, 1.54) is 65.5 Å². The van der Waals surface area contributed by atoms with Crippen LogP contribution in [0.5, 0.6) is 0 Å². The Balaban J connectivity index is 1.78. The molecule has 2 aromatic heterocycles. The summed E-state index contributed by atoms with van der Waals surface area (Å²) in [7, 11) is 1.61. The van der Waals surface area contributed by atoms with Crippen LogP contribution in [0, 0.1) is 15.9 Å². The first kappa shape index (κ1) is 27.0. The zero-order valence-corrected chi connectivity index (χ0v) is 21.1. The van der Waals surface area contributed by atoms with Gasteiger partial charge in [-0.25, -0.2) is 4.39 Å². The van der Waals surface area contributed by atoms with Crippen LogP contribution in [0.3, 0.4) is 0 Å². The number of rotatable bonds is 9. The summed E-state index contributed by atoms with van der Waals surface area (Å²) in [4.78, 5) is 53.9. The molecule has 0 saturated carbocycles. The van der Waals surface area contributed by atoms with Gasteiger partial charge in [0.15, 0.2) is 5.78 Å². The average Bonchev–Trinajstić information content (AvgIpc) is 2.95. The minimum atomic E-state index is -0.562. The second kappa shape index (κ2) is 11.6. The maximum Gasteiger partial charge on any atom is 0.275 e. The Morgan fingerprint density at radius 1 is 1.05 bits per heavy atom. The van der Waals surface area contributed by atoms with Gasteiger partial charge in [-0.15, -0.1) is 0 Å². The summed E-state index contributed by atoms with van der Waals surface area (Å²) in [6, 6.07) is 15.0. The van der Waals surface area contributed by atoms with E-state index in [9.17, 15) is 28.9 Å². The van der Waals surface area contributed by atoms with Crippen LogP contribution in [-0.2, 0) is 11.3 Å². The Morgan fingerprint density at radius 2 is 1.79 bits per heavy atom. The molecule has 0 fully saturated rings. The summed E-state index contributed by atoms with van der Waals surface area (Å²) in [6.45, 7) is 1.58. The Bertz CT molecular complexity index is 1620. The van der Waals surface area contributed by atoms with E-state index in [-0.39, 0.29) is 34.8 Å². The first-order valence-electron chi connectivity index (χ1n) is 11.9. The lowest BCUT2D eigenvalue weighted by atomic mass is 10.0. The molecule has 39 heavy (non-hydrogen) atoms. The zero-order chi connectivity index (χ0) is 28.1. The van der Waals surface area contributed by atoms with E-state index in [2.05, 4.69) is 15.6 Å². The summed E-state index contributed by atoms with van der Waals surface area (Å²) >= 11 is 0. The molecule has 2 heterocycles. The minimum absolute atomic E-state index is 0.0165. The van der Waals surface area contributed by atoms with Crippen molar-refractivity contribution >= 4 is 23.1 Å². The van der Waals surface area contributed by atoms with Gasteiger partial charge in [0.25, 0.3) is 11.2 Å². The SMILES string of the molecule is CN[C@@H](C)C(=O)Nc1ccc(-c2cccc([N+](=O)[O-])c2)n(Cc2cncc(C(=O)c3ccc(F)cc3)c2)c1=O. The van der Waals surface area contributed by atoms with Gasteiger partial charge in [-0.1, -0.05) is 12.1 Å². The normalized spacial score (nSPS) is 11.6. The molecular weight excluding hydrogens is 505 g/mol. The lowest BCUT2D eigenvalue weighted by Gasteiger charge is -2.17. The monoisotopic (exact) mass is 529 g/mol. The van der Waals surface area contributed by atoms with Gasteiger partial charge in [-0.2, -0.15) is 0 Å². The average molecular weight is 530 g/mol. The summed E-state index contributed by atoms with van der Waals surface area (Å²) in [5, 5.41) is 16.8. The predicted molar refractivity (Wildman–Crippen MR) is 143 cm³/mol. The van der Waals surface area contributed by atoms with E-state index < -0.39 is 28.2 Å². The number of nitrogens with zero attached hydrogens (tertiary/aromatic N) is 3. The number of ketones is 1. The smallest absolute Gasteiger partial charge is 0.275 e. The van der Waals surface area contributed by atoms with Gasteiger partial charge in [-0.3, -0.25) is 29.5 Å². The van der Waals surface area contributed by atoms with Crippen LogP contribution in [0.15, 0.2) is 83.9 Å². The number of likely N-dealkylation sites (N-methyl/N-ethyl adjacent to an activating group) is 1. The fraction of sp³-hybridized carbons (Fsp3) is 0.143. The fourth-order valence-corrected chi connectivity index (χ4v) is 3.88. The van der Waals surface area contributed by atoms with Crippen LogP contribution in [0.1, 0.15) is 28.4 Å². The molecule has 0 aliphatic rings. The molecule has 2 aromatic carbocycles. The van der Waals surface area contributed by atoms with E-state index in [0.717, 1.165) is 0 Å². The molecule has 4 rings (SSSR count). The first-order chi connectivity index (χ1) is 18.7. The van der Waals surface area contributed by atoms with Crippen LogP contribution in [0.2, 0.25) is 0 Å². The molecule has 0 spiro atoms. The number of halogens is 1. The molecule has 4 aromatic rings. The summed E-state index contributed by atoms with van der Waals surface area (Å²) in [6.07, 6.45) is 2.86. The Morgan fingerprint density at radius 3 is 2.49 bits per heavy atom. The van der Waals surface area contributed by atoms with Crippen LogP contribution in [-0.4, -0.2) is 39.3 Å². The number of hydrogen-bond donors (Lipinski definition) is 2. The quantitative estimate of drug-likeness (QED) is 0.191. The van der Waals surface area contributed by atoms with Gasteiger partial charge in [0.1, 0.15) is 11.5 Å². The molecule has 0 bridgehead atoms. The number of anilines is 1. The summed E-state index contributed by atoms with van der Waals surface area (Å²) < 4.78 is 14.6. The summed E-state index contributed by atoms with van der Waals surface area (Å²) in [5.74, 6) is -1.27. The highest BCUT2D eigenvalue weighted by Gasteiger charge is 2.18. The van der Waals surface area contributed by atoms with E-state index in [1.807, 2.05) is 0 Å². The molecule has 0 aliphatic carbocycles. The largest absolute Gasteiger partial charge is 0.320 e. The number of nitrogens with one attached hydrogen (secondary N) is 2. The molecule has 0 unspecified atom stereocenters. The Labute approximate surface area is 222 Å². The number of aromatic nitrogens is 2. The van der Waals surface area contributed by atoms with Gasteiger partial charge in [0, 0.05) is 41.2 Å². The van der Waals surface area contributed by atoms with E-state index in [1.54, 1.807) is 32.2 Å². The van der Waals surface area contributed by atoms with Gasteiger partial charge >= 0.3 is 0 Å². The number of nitro groups is 1. The zero-order valence-electron chi connectivity index (χ0n) is 21.1. The highest BCUT2D eigenvalue weighted by molar-refractivity contribution is 6.08. The van der Waals surface area contributed by atoms with Gasteiger partial charge < -0.3 is 15.2 Å². The van der Waals surface area contributed by atoms with Crippen LogP contribution < -0.4 is 16.2 Å². The molecule has 0 saturated heterocycles. The third kappa shape index (κ3) is 6.11. The summed E-state index contributed by atoms with van der Waals surface area (Å²) in [5.41, 5.74) is 1.08. The lowest BCUT2D eigenvalue weighted by Crippen LogP contribution is -2.37. The molecule has 0 aliphatic heterocycles. The standard InChI is InChI=1S/C28H24FN5O5/c1-17(30-2)27(36)32-24-10-11-25(20-4-3-5-23(13-20)34(38)39)33(28(24)37)16-18-12-21(15-31-14-18)26(35)19-6-8-22(29)9-7-19/h3-15,17,30H,16H2,1-2H3,(H,32,36)/t17-/m0/s1. The molecule has 1 atom stereocenters. The van der Waals surface area contributed by atoms with Crippen molar-refractivity contribution in [2.75, 3.05) is 12.4 Å². The third-order valence-corrected chi connectivity index (χ3v) is 6.12. The van der Waals surface area contributed by atoms with Crippen molar-refractivity contribution in [3.05, 3.63) is 122 Å².